The number of fused-ring (bicyclic) bond motifs is 1. The van der Waals surface area contributed by atoms with Gasteiger partial charge >= 0.3 is 0 Å². The minimum Gasteiger partial charge on any atom is -0.353 e. The zero-order valence-corrected chi connectivity index (χ0v) is 16.2. The third kappa shape index (κ3) is 5.06. The summed E-state index contributed by atoms with van der Waals surface area (Å²) in [4.78, 5) is 16.2. The molecular weight excluding hydrogens is 353 g/mol. The van der Waals surface area contributed by atoms with E-state index < -0.39 is 0 Å². The highest BCUT2D eigenvalue weighted by molar-refractivity contribution is 5.87. The SMILES string of the molecule is C/C=C/C(=O)NCCCCCc1nc2ccccc2n1Cc1ccccc1F. The van der Waals surface area contributed by atoms with Crippen molar-refractivity contribution in [3.05, 3.63) is 77.9 Å². The van der Waals surface area contributed by atoms with Crippen LogP contribution in [0.1, 0.15) is 37.6 Å². The molecule has 1 amide bonds. The van der Waals surface area contributed by atoms with Crippen LogP contribution in [-0.2, 0) is 17.8 Å². The lowest BCUT2D eigenvalue weighted by molar-refractivity contribution is -0.116. The van der Waals surface area contributed by atoms with Gasteiger partial charge in [0.1, 0.15) is 11.6 Å². The number of aromatic nitrogens is 2. The number of hydrogen-bond donors (Lipinski definition) is 1. The topological polar surface area (TPSA) is 46.9 Å². The fourth-order valence-electron chi connectivity index (χ4n) is 3.30. The van der Waals surface area contributed by atoms with Crippen LogP contribution in [0.25, 0.3) is 11.0 Å². The molecular formula is C23H26FN3O. The zero-order valence-electron chi connectivity index (χ0n) is 16.2. The molecule has 0 aliphatic heterocycles. The molecule has 0 bridgehead atoms. The van der Waals surface area contributed by atoms with Gasteiger partial charge in [0.2, 0.25) is 5.91 Å². The minimum absolute atomic E-state index is 0.0471. The maximum absolute atomic E-state index is 14.2. The number of unbranched alkanes of at least 4 members (excludes halogenated alkanes) is 2. The molecule has 0 fully saturated rings. The van der Waals surface area contributed by atoms with Gasteiger partial charge in [-0.2, -0.15) is 0 Å². The number of aryl methyl sites for hydroxylation is 1. The van der Waals surface area contributed by atoms with E-state index in [1.54, 1.807) is 12.1 Å². The van der Waals surface area contributed by atoms with Crippen LogP contribution in [0, 0.1) is 5.82 Å². The average Bonchev–Trinajstić information content (AvgIpc) is 3.04. The number of nitrogens with one attached hydrogen (secondary N) is 1. The normalized spacial score (nSPS) is 11.4. The standard InChI is InChI=1S/C23H26FN3O/c1-2-10-23(28)25-16-9-3-4-15-22-26-20-13-7-8-14-21(20)27(22)17-18-11-5-6-12-19(18)24/h2,5-8,10-14H,3-4,9,15-17H2,1H3,(H,25,28)/b10-2+. The van der Waals surface area contributed by atoms with Crippen molar-refractivity contribution < 1.29 is 9.18 Å². The first-order valence-electron chi connectivity index (χ1n) is 9.77. The van der Waals surface area contributed by atoms with Crippen molar-refractivity contribution >= 4 is 16.9 Å². The molecule has 0 saturated heterocycles. The summed E-state index contributed by atoms with van der Waals surface area (Å²) >= 11 is 0. The Morgan fingerprint density at radius 3 is 2.71 bits per heavy atom. The van der Waals surface area contributed by atoms with Crippen LogP contribution in [0.2, 0.25) is 0 Å². The van der Waals surface area contributed by atoms with Crippen LogP contribution < -0.4 is 5.32 Å². The van der Waals surface area contributed by atoms with Gasteiger partial charge in [0.05, 0.1) is 17.6 Å². The molecule has 0 radical (unpaired) electrons. The lowest BCUT2D eigenvalue weighted by Gasteiger charge is -2.10. The summed E-state index contributed by atoms with van der Waals surface area (Å²) in [5.74, 6) is 0.736. The Morgan fingerprint density at radius 1 is 1.11 bits per heavy atom. The first-order valence-corrected chi connectivity index (χ1v) is 9.77. The van der Waals surface area contributed by atoms with E-state index in [2.05, 4.69) is 9.88 Å². The van der Waals surface area contributed by atoms with E-state index in [4.69, 9.17) is 4.98 Å². The number of para-hydroxylation sites is 2. The molecule has 0 aliphatic rings. The molecule has 1 N–H and O–H groups in total. The molecule has 1 aromatic heterocycles. The average molecular weight is 379 g/mol. The lowest BCUT2D eigenvalue weighted by Crippen LogP contribution is -2.21. The molecule has 0 atom stereocenters. The fraction of sp³-hybridized carbons (Fsp3) is 0.304. The number of imidazole rings is 1. The number of halogens is 1. The van der Waals surface area contributed by atoms with Gasteiger partial charge in [0.15, 0.2) is 0 Å². The monoisotopic (exact) mass is 379 g/mol. The van der Waals surface area contributed by atoms with E-state index in [1.165, 1.54) is 12.1 Å². The first-order chi connectivity index (χ1) is 13.7. The Balaban J connectivity index is 1.64. The Kier molecular flexibility index (Phi) is 6.95. The van der Waals surface area contributed by atoms with Crippen LogP contribution in [0.5, 0.6) is 0 Å². The maximum atomic E-state index is 14.2. The molecule has 0 aliphatic carbocycles. The van der Waals surface area contributed by atoms with Crippen LogP contribution in [0.15, 0.2) is 60.7 Å². The van der Waals surface area contributed by atoms with Gasteiger partial charge in [-0.3, -0.25) is 4.79 Å². The van der Waals surface area contributed by atoms with Gasteiger partial charge in [0.25, 0.3) is 0 Å². The molecule has 1 heterocycles. The maximum Gasteiger partial charge on any atom is 0.243 e. The summed E-state index contributed by atoms with van der Waals surface area (Å²) in [7, 11) is 0. The highest BCUT2D eigenvalue weighted by Gasteiger charge is 2.12. The number of carbonyl (C=O) groups is 1. The number of amides is 1. The van der Waals surface area contributed by atoms with Crippen LogP contribution in [0.3, 0.4) is 0 Å². The van der Waals surface area contributed by atoms with E-state index in [0.29, 0.717) is 18.7 Å². The number of rotatable bonds is 9. The van der Waals surface area contributed by atoms with Crippen LogP contribution in [-0.4, -0.2) is 22.0 Å². The van der Waals surface area contributed by atoms with Crippen molar-refractivity contribution in [2.24, 2.45) is 0 Å². The minimum atomic E-state index is -0.192. The second-order valence-corrected chi connectivity index (χ2v) is 6.80. The largest absolute Gasteiger partial charge is 0.353 e. The Bertz CT molecular complexity index is 961. The number of nitrogens with zero attached hydrogens (tertiary/aromatic N) is 2. The van der Waals surface area contributed by atoms with Gasteiger partial charge in [-0.05, 0) is 44.0 Å². The third-order valence-electron chi connectivity index (χ3n) is 4.71. The van der Waals surface area contributed by atoms with Crippen molar-refractivity contribution in [1.82, 2.24) is 14.9 Å². The number of hydrogen-bond acceptors (Lipinski definition) is 2. The molecule has 4 nitrogen and oxygen atoms in total. The summed E-state index contributed by atoms with van der Waals surface area (Å²) in [6.07, 6.45) is 6.99. The van der Waals surface area contributed by atoms with Crippen molar-refractivity contribution in [1.29, 1.82) is 0 Å². The number of allylic oxidation sites excluding steroid dienone is 1. The van der Waals surface area contributed by atoms with E-state index in [9.17, 15) is 9.18 Å². The van der Waals surface area contributed by atoms with Crippen molar-refractivity contribution in [3.8, 4) is 0 Å². The highest BCUT2D eigenvalue weighted by Crippen LogP contribution is 2.20. The van der Waals surface area contributed by atoms with E-state index in [0.717, 1.165) is 42.5 Å². The molecule has 146 valence electrons. The zero-order chi connectivity index (χ0) is 19.8. The van der Waals surface area contributed by atoms with E-state index in [1.807, 2.05) is 43.3 Å². The summed E-state index contributed by atoms with van der Waals surface area (Å²) in [5.41, 5.74) is 2.63. The molecule has 28 heavy (non-hydrogen) atoms. The second-order valence-electron chi connectivity index (χ2n) is 6.80. The molecule has 3 aromatic rings. The fourth-order valence-corrected chi connectivity index (χ4v) is 3.30. The van der Waals surface area contributed by atoms with Gasteiger partial charge < -0.3 is 9.88 Å². The predicted molar refractivity (Wildman–Crippen MR) is 111 cm³/mol. The molecule has 3 rings (SSSR count). The smallest absolute Gasteiger partial charge is 0.243 e. The molecule has 0 spiro atoms. The molecule has 0 unspecified atom stereocenters. The second kappa shape index (κ2) is 9.83. The number of benzene rings is 2. The lowest BCUT2D eigenvalue weighted by atomic mass is 10.1. The number of carbonyl (C=O) groups excluding carboxylic acids is 1. The van der Waals surface area contributed by atoms with Gasteiger partial charge in [-0.1, -0.05) is 42.8 Å². The molecule has 0 saturated carbocycles. The van der Waals surface area contributed by atoms with Crippen LogP contribution in [0.4, 0.5) is 4.39 Å². The molecule has 2 aromatic carbocycles. The van der Waals surface area contributed by atoms with Crippen molar-refractivity contribution in [3.63, 3.8) is 0 Å². The summed E-state index contributed by atoms with van der Waals surface area (Å²) < 4.78 is 16.3. The predicted octanol–water partition coefficient (Wildman–Crippen LogP) is 4.63. The summed E-state index contributed by atoms with van der Waals surface area (Å²) in [6.45, 7) is 2.98. The third-order valence-corrected chi connectivity index (χ3v) is 4.71. The Labute approximate surface area is 165 Å². The summed E-state index contributed by atoms with van der Waals surface area (Å²) in [5, 5.41) is 2.87. The van der Waals surface area contributed by atoms with Crippen LogP contribution >= 0.6 is 0 Å². The summed E-state index contributed by atoms with van der Waals surface area (Å²) in [6, 6.07) is 14.9. The Hall–Kier alpha value is -2.95. The van der Waals surface area contributed by atoms with Gasteiger partial charge in [-0.15, -0.1) is 0 Å². The Morgan fingerprint density at radius 2 is 1.89 bits per heavy atom. The quantitative estimate of drug-likeness (QED) is 0.435. The first kappa shape index (κ1) is 19.8. The van der Waals surface area contributed by atoms with Gasteiger partial charge in [0, 0.05) is 18.5 Å². The van der Waals surface area contributed by atoms with Crippen molar-refractivity contribution in [2.45, 2.75) is 39.2 Å². The van der Waals surface area contributed by atoms with E-state index >= 15 is 0 Å². The van der Waals surface area contributed by atoms with Gasteiger partial charge in [-0.25, -0.2) is 9.37 Å². The highest BCUT2D eigenvalue weighted by atomic mass is 19.1. The molecule has 5 heteroatoms. The van der Waals surface area contributed by atoms with E-state index in [-0.39, 0.29) is 11.7 Å². The van der Waals surface area contributed by atoms with Crippen molar-refractivity contribution in [2.75, 3.05) is 6.54 Å².